The number of amides is 2. The number of rotatable bonds is 11. The molecule has 3 aromatic rings. The van der Waals surface area contributed by atoms with Crippen molar-refractivity contribution in [2.75, 3.05) is 25.4 Å². The number of aromatic nitrogens is 1. The van der Waals surface area contributed by atoms with Gasteiger partial charge >= 0.3 is 0 Å². The zero-order chi connectivity index (χ0) is 31.9. The smallest absolute Gasteiger partial charge is 0.257 e. The summed E-state index contributed by atoms with van der Waals surface area (Å²) in [4.78, 5) is 36.9. The van der Waals surface area contributed by atoms with E-state index in [0.717, 1.165) is 60.7 Å². The average Bonchev–Trinajstić information content (AvgIpc) is 3.75. The molecule has 2 aliphatic heterocycles. The van der Waals surface area contributed by atoms with Gasteiger partial charge in [-0.2, -0.15) is 0 Å². The fourth-order valence-electron chi connectivity index (χ4n) is 6.47. The lowest BCUT2D eigenvalue weighted by molar-refractivity contribution is -0.122. The number of carbonyl (C=O) groups is 2. The highest BCUT2D eigenvalue weighted by Crippen LogP contribution is 2.30. The average molecular weight is 644 g/mol. The number of carbonyl (C=O) groups excluding carboxylic acids is 2. The van der Waals surface area contributed by atoms with Crippen LogP contribution >= 0.6 is 11.8 Å². The van der Waals surface area contributed by atoms with Gasteiger partial charge in [0.05, 0.1) is 11.2 Å². The second kappa shape index (κ2) is 15.2. The highest BCUT2D eigenvalue weighted by molar-refractivity contribution is 8.14. The summed E-state index contributed by atoms with van der Waals surface area (Å²) in [6.07, 6.45) is 8.83. The summed E-state index contributed by atoms with van der Waals surface area (Å²) in [5.41, 5.74) is 3.42. The van der Waals surface area contributed by atoms with Crippen LogP contribution in [-0.4, -0.2) is 70.3 Å². The number of aliphatic imine (C=N–C) groups is 1. The minimum Gasteiger partial charge on any atom is -0.438 e. The molecule has 2 N–H and O–H groups in total. The summed E-state index contributed by atoms with van der Waals surface area (Å²) in [5, 5.41) is 7.09. The van der Waals surface area contributed by atoms with Crippen LogP contribution in [0, 0.1) is 5.82 Å². The fraction of sp³-hybridized carbons (Fsp3) is 0.444. The first-order valence-electron chi connectivity index (χ1n) is 16.4. The van der Waals surface area contributed by atoms with Gasteiger partial charge < -0.3 is 20.3 Å². The van der Waals surface area contributed by atoms with E-state index in [4.69, 9.17) is 4.74 Å². The molecule has 0 bridgehead atoms. The molecule has 46 heavy (non-hydrogen) atoms. The topological polar surface area (TPSA) is 95.9 Å². The van der Waals surface area contributed by atoms with Crippen LogP contribution in [0.2, 0.25) is 0 Å². The number of halogens is 1. The molecule has 3 aliphatic rings. The van der Waals surface area contributed by atoms with Crippen molar-refractivity contribution in [1.82, 2.24) is 20.5 Å². The van der Waals surface area contributed by atoms with Crippen LogP contribution < -0.4 is 15.4 Å². The van der Waals surface area contributed by atoms with Crippen molar-refractivity contribution in [3.63, 3.8) is 0 Å². The Morgan fingerprint density at radius 2 is 1.72 bits per heavy atom. The molecule has 1 saturated heterocycles. The fourth-order valence-corrected chi connectivity index (χ4v) is 7.30. The van der Waals surface area contributed by atoms with Crippen LogP contribution in [0.15, 0.2) is 65.8 Å². The molecular weight excluding hydrogens is 601 g/mol. The quantitative estimate of drug-likeness (QED) is 0.251. The van der Waals surface area contributed by atoms with Crippen LogP contribution in [0.25, 0.3) is 11.1 Å². The summed E-state index contributed by atoms with van der Waals surface area (Å²) < 4.78 is 20.3. The van der Waals surface area contributed by atoms with Crippen LogP contribution in [0.4, 0.5) is 4.39 Å². The van der Waals surface area contributed by atoms with E-state index in [2.05, 4.69) is 49.8 Å². The minimum absolute atomic E-state index is 0.0335. The SMILES string of the molecule is CC1=NC(C(=O)N[C@H]2CC[C@@H](NC(=O)c3cc(F)cnc3Oc3cccc(-c4ccc(CCCN5CCCC5)cc4)c3)CC2)CS1. The Kier molecular flexibility index (Phi) is 10.7. The van der Waals surface area contributed by atoms with E-state index in [1.54, 1.807) is 17.8 Å². The van der Waals surface area contributed by atoms with E-state index >= 15 is 0 Å². The predicted molar refractivity (Wildman–Crippen MR) is 181 cm³/mol. The largest absolute Gasteiger partial charge is 0.438 e. The van der Waals surface area contributed by atoms with Crippen molar-refractivity contribution in [2.45, 2.75) is 76.4 Å². The maximum Gasteiger partial charge on any atom is 0.257 e. The molecule has 242 valence electrons. The zero-order valence-corrected chi connectivity index (χ0v) is 27.2. The van der Waals surface area contributed by atoms with Crippen molar-refractivity contribution < 1.29 is 18.7 Å². The molecule has 1 saturated carbocycles. The third kappa shape index (κ3) is 8.53. The molecule has 10 heteroatoms. The minimum atomic E-state index is -0.610. The molecule has 0 spiro atoms. The van der Waals surface area contributed by atoms with Crippen LogP contribution in [0.5, 0.6) is 11.6 Å². The number of likely N-dealkylation sites (tertiary alicyclic amines) is 1. The second-order valence-electron chi connectivity index (χ2n) is 12.5. The molecule has 0 radical (unpaired) electrons. The number of pyridine rings is 1. The lowest BCUT2D eigenvalue weighted by atomic mass is 9.90. The van der Waals surface area contributed by atoms with Gasteiger partial charge in [-0.15, -0.1) is 11.8 Å². The number of ether oxygens (including phenoxy) is 1. The first-order chi connectivity index (χ1) is 22.4. The van der Waals surface area contributed by atoms with Crippen molar-refractivity contribution >= 4 is 28.6 Å². The Bertz CT molecular complexity index is 1550. The lowest BCUT2D eigenvalue weighted by Crippen LogP contribution is -2.46. The van der Waals surface area contributed by atoms with Crippen molar-refractivity contribution in [3.05, 3.63) is 77.7 Å². The molecule has 6 rings (SSSR count). The van der Waals surface area contributed by atoms with Crippen LogP contribution in [0.1, 0.15) is 67.8 Å². The number of hydrogen-bond acceptors (Lipinski definition) is 7. The zero-order valence-electron chi connectivity index (χ0n) is 26.3. The van der Waals surface area contributed by atoms with E-state index in [9.17, 15) is 14.0 Å². The van der Waals surface area contributed by atoms with Gasteiger partial charge in [-0.25, -0.2) is 9.37 Å². The third-order valence-corrected chi connectivity index (χ3v) is 10.0. The maximum absolute atomic E-state index is 14.3. The molecule has 2 fully saturated rings. The molecular formula is C36H42FN5O3S. The van der Waals surface area contributed by atoms with Gasteiger partial charge in [0, 0.05) is 17.8 Å². The summed E-state index contributed by atoms with van der Waals surface area (Å²) in [6, 6.07) is 17.0. The van der Waals surface area contributed by atoms with Crippen LogP contribution in [-0.2, 0) is 11.2 Å². The van der Waals surface area contributed by atoms with Gasteiger partial charge in [-0.1, -0.05) is 36.4 Å². The Balaban J connectivity index is 1.03. The van der Waals surface area contributed by atoms with E-state index in [-0.39, 0.29) is 35.5 Å². The Hall–Kier alpha value is -3.76. The van der Waals surface area contributed by atoms with Crippen LogP contribution in [0.3, 0.4) is 0 Å². The van der Waals surface area contributed by atoms with Gasteiger partial charge in [0.25, 0.3) is 5.91 Å². The number of nitrogens with zero attached hydrogens (tertiary/aromatic N) is 3. The molecule has 1 unspecified atom stereocenters. The summed E-state index contributed by atoms with van der Waals surface area (Å²) in [6.45, 7) is 5.55. The van der Waals surface area contributed by atoms with Gasteiger partial charge in [0.2, 0.25) is 11.8 Å². The van der Waals surface area contributed by atoms with Gasteiger partial charge in [-0.05, 0) is 113 Å². The predicted octanol–water partition coefficient (Wildman–Crippen LogP) is 6.40. The van der Waals surface area contributed by atoms with E-state index in [0.29, 0.717) is 24.3 Å². The van der Waals surface area contributed by atoms with E-state index < -0.39 is 11.7 Å². The second-order valence-corrected chi connectivity index (χ2v) is 13.7. The summed E-state index contributed by atoms with van der Waals surface area (Å²) in [5.74, 6) is 0.173. The molecule has 1 atom stereocenters. The molecule has 1 aromatic heterocycles. The summed E-state index contributed by atoms with van der Waals surface area (Å²) in [7, 11) is 0. The number of aryl methyl sites for hydroxylation is 1. The number of hydrogen-bond donors (Lipinski definition) is 2. The maximum atomic E-state index is 14.3. The first-order valence-corrected chi connectivity index (χ1v) is 17.4. The number of nitrogens with one attached hydrogen (secondary N) is 2. The van der Waals surface area contributed by atoms with E-state index in [1.165, 1.54) is 31.5 Å². The highest BCUT2D eigenvalue weighted by Gasteiger charge is 2.29. The normalized spacial score (nSPS) is 21.5. The molecule has 8 nitrogen and oxygen atoms in total. The number of benzene rings is 2. The van der Waals surface area contributed by atoms with Crippen molar-refractivity contribution in [3.8, 4) is 22.8 Å². The molecule has 2 amide bonds. The monoisotopic (exact) mass is 643 g/mol. The Morgan fingerprint density at radius 1 is 0.978 bits per heavy atom. The Morgan fingerprint density at radius 3 is 2.43 bits per heavy atom. The highest BCUT2D eigenvalue weighted by atomic mass is 32.2. The third-order valence-electron chi connectivity index (χ3n) is 9.04. The Labute approximate surface area is 274 Å². The molecule has 3 heterocycles. The summed E-state index contributed by atoms with van der Waals surface area (Å²) >= 11 is 1.61. The standard InChI is InChI=1S/C36H42FN5O3S/c1-24-39-33(23-46-24)35(44)41-30-15-13-29(14-16-30)40-34(43)32-21-28(37)22-38-36(32)45-31-8-4-7-27(20-31)26-11-9-25(10-12-26)6-5-19-42-17-2-3-18-42/h4,7-12,20-22,29-30,33H,2-3,5-6,13-19,23H2,1H3,(H,40,43)(H,41,44)/t29-,30+,33?. The first kappa shape index (κ1) is 32.2. The van der Waals surface area contributed by atoms with Gasteiger partial charge in [0.1, 0.15) is 23.2 Å². The molecule has 2 aromatic carbocycles. The van der Waals surface area contributed by atoms with Crippen molar-refractivity contribution in [2.24, 2.45) is 4.99 Å². The lowest BCUT2D eigenvalue weighted by Gasteiger charge is -2.30. The van der Waals surface area contributed by atoms with Crippen molar-refractivity contribution in [1.29, 1.82) is 0 Å². The molecule has 1 aliphatic carbocycles. The van der Waals surface area contributed by atoms with E-state index in [1.807, 2.05) is 25.1 Å². The number of thioether (sulfide) groups is 1. The van der Waals surface area contributed by atoms with Gasteiger partial charge in [0.15, 0.2) is 0 Å². The van der Waals surface area contributed by atoms with Gasteiger partial charge in [-0.3, -0.25) is 14.6 Å².